The van der Waals surface area contributed by atoms with Gasteiger partial charge in [-0.3, -0.25) is 9.69 Å². The van der Waals surface area contributed by atoms with Crippen LogP contribution in [0.1, 0.15) is 24.2 Å². The number of ketones is 1. The molecule has 1 aromatic carbocycles. The quantitative estimate of drug-likeness (QED) is 0.823. The third-order valence-corrected chi connectivity index (χ3v) is 4.25. The smallest absolute Gasteiger partial charge is 0.179 e. The fraction of sp³-hybridized carbons (Fsp3) is 0.562. The summed E-state index contributed by atoms with van der Waals surface area (Å²) in [6, 6.07) is 5.62. The van der Waals surface area contributed by atoms with Crippen molar-refractivity contribution in [3.05, 3.63) is 23.8 Å². The number of piperazine rings is 1. The molecule has 1 aromatic rings. The number of nitrogens with zero attached hydrogens (tertiary/aromatic N) is 1. The zero-order chi connectivity index (χ0) is 14.8. The van der Waals surface area contributed by atoms with Gasteiger partial charge in [0.2, 0.25) is 0 Å². The molecule has 21 heavy (non-hydrogen) atoms. The van der Waals surface area contributed by atoms with E-state index in [1.54, 1.807) is 0 Å². The van der Waals surface area contributed by atoms with E-state index < -0.39 is 0 Å². The predicted molar refractivity (Wildman–Crippen MR) is 83.3 cm³/mol. The lowest BCUT2D eigenvalue weighted by Gasteiger charge is -2.32. The van der Waals surface area contributed by atoms with E-state index in [0.29, 0.717) is 0 Å². The second-order valence-electron chi connectivity index (χ2n) is 5.85. The molecule has 0 saturated carbocycles. The fourth-order valence-electron chi connectivity index (χ4n) is 2.91. The third-order valence-electron chi connectivity index (χ3n) is 4.25. The molecule has 2 heterocycles. The van der Waals surface area contributed by atoms with Crippen LogP contribution < -0.4 is 15.4 Å². The van der Waals surface area contributed by atoms with E-state index in [2.05, 4.69) is 15.5 Å². The molecule has 2 aliphatic rings. The van der Waals surface area contributed by atoms with Crippen molar-refractivity contribution in [2.75, 3.05) is 38.0 Å². The summed E-state index contributed by atoms with van der Waals surface area (Å²) < 4.78 is 5.75. The Labute approximate surface area is 125 Å². The number of Topliss-reactive ketones (excluding diaryl/α,β-unsaturated/α-hetero) is 1. The van der Waals surface area contributed by atoms with Crippen LogP contribution in [0.25, 0.3) is 0 Å². The van der Waals surface area contributed by atoms with Crippen LogP contribution in [-0.4, -0.2) is 55.6 Å². The number of benzene rings is 1. The highest BCUT2D eigenvalue weighted by Gasteiger charge is 2.25. The molecule has 0 aliphatic carbocycles. The Morgan fingerprint density at radius 1 is 1.38 bits per heavy atom. The zero-order valence-electron chi connectivity index (χ0n) is 12.7. The molecule has 0 bridgehead atoms. The van der Waals surface area contributed by atoms with Crippen LogP contribution in [0.5, 0.6) is 5.75 Å². The standard InChI is InChI=1S/C16H23N3O2/c1-11-10-18-14-9-13(3-4-15(14)21-11)16(20)12(2)19-7-5-17-6-8-19/h3-4,9,11-12,17-18H,5-8,10H2,1-2H3. The van der Waals surface area contributed by atoms with E-state index in [4.69, 9.17) is 4.74 Å². The van der Waals surface area contributed by atoms with E-state index in [0.717, 1.165) is 49.7 Å². The molecule has 2 N–H and O–H groups in total. The van der Waals surface area contributed by atoms with Crippen LogP contribution in [0.4, 0.5) is 5.69 Å². The predicted octanol–water partition coefficient (Wildman–Crippen LogP) is 1.36. The van der Waals surface area contributed by atoms with Gasteiger partial charge in [0.25, 0.3) is 0 Å². The molecule has 0 radical (unpaired) electrons. The molecule has 3 rings (SSSR count). The summed E-state index contributed by atoms with van der Waals surface area (Å²) in [5.74, 6) is 1.01. The number of carbonyl (C=O) groups excluding carboxylic acids is 1. The first-order chi connectivity index (χ1) is 10.1. The lowest BCUT2D eigenvalue weighted by molar-refractivity contribution is 0.0820. The molecule has 0 amide bonds. The summed E-state index contributed by atoms with van der Waals surface area (Å²) in [5, 5.41) is 6.64. The van der Waals surface area contributed by atoms with Crippen molar-refractivity contribution < 1.29 is 9.53 Å². The van der Waals surface area contributed by atoms with Crippen LogP contribution in [0, 0.1) is 0 Å². The third kappa shape index (κ3) is 3.04. The van der Waals surface area contributed by atoms with Gasteiger partial charge in [-0.25, -0.2) is 0 Å². The molecule has 5 nitrogen and oxygen atoms in total. The second kappa shape index (κ2) is 6.03. The summed E-state index contributed by atoms with van der Waals surface area (Å²) in [5.41, 5.74) is 1.68. The van der Waals surface area contributed by atoms with E-state index in [9.17, 15) is 4.79 Å². The Morgan fingerprint density at radius 2 is 2.14 bits per heavy atom. The Kier molecular flexibility index (Phi) is 4.12. The molecule has 2 atom stereocenters. The van der Waals surface area contributed by atoms with Gasteiger partial charge in [0.15, 0.2) is 5.78 Å². The summed E-state index contributed by atoms with van der Waals surface area (Å²) >= 11 is 0. The number of carbonyl (C=O) groups is 1. The van der Waals surface area contributed by atoms with E-state index in [-0.39, 0.29) is 17.9 Å². The molecule has 1 fully saturated rings. The number of anilines is 1. The zero-order valence-corrected chi connectivity index (χ0v) is 12.7. The van der Waals surface area contributed by atoms with Gasteiger partial charge in [-0.2, -0.15) is 0 Å². The SMILES string of the molecule is CC1CNc2cc(C(=O)C(C)N3CCNCC3)ccc2O1. The maximum absolute atomic E-state index is 12.7. The van der Waals surface area contributed by atoms with Crippen LogP contribution in [-0.2, 0) is 0 Å². The number of rotatable bonds is 3. The van der Waals surface area contributed by atoms with E-state index in [1.807, 2.05) is 32.0 Å². The van der Waals surface area contributed by atoms with Gasteiger partial charge in [-0.05, 0) is 32.0 Å². The van der Waals surface area contributed by atoms with Gasteiger partial charge < -0.3 is 15.4 Å². The molecule has 2 unspecified atom stereocenters. The largest absolute Gasteiger partial charge is 0.487 e. The van der Waals surface area contributed by atoms with E-state index >= 15 is 0 Å². The Hall–Kier alpha value is -1.59. The molecule has 114 valence electrons. The average Bonchev–Trinajstić information content (AvgIpc) is 2.53. The summed E-state index contributed by atoms with van der Waals surface area (Å²) in [6.07, 6.45) is 0.166. The minimum absolute atomic E-state index is 0.0754. The van der Waals surface area contributed by atoms with Crippen molar-refractivity contribution in [1.82, 2.24) is 10.2 Å². The monoisotopic (exact) mass is 289 g/mol. The number of hydrogen-bond donors (Lipinski definition) is 2. The minimum Gasteiger partial charge on any atom is -0.487 e. The fourth-order valence-corrected chi connectivity index (χ4v) is 2.91. The maximum Gasteiger partial charge on any atom is 0.179 e. The van der Waals surface area contributed by atoms with Gasteiger partial charge in [0.1, 0.15) is 11.9 Å². The summed E-state index contributed by atoms with van der Waals surface area (Å²) in [7, 11) is 0. The minimum atomic E-state index is -0.0754. The molecule has 1 saturated heterocycles. The van der Waals surface area contributed by atoms with Crippen molar-refractivity contribution in [1.29, 1.82) is 0 Å². The average molecular weight is 289 g/mol. The van der Waals surface area contributed by atoms with Gasteiger partial charge >= 0.3 is 0 Å². The first-order valence-electron chi connectivity index (χ1n) is 7.68. The van der Waals surface area contributed by atoms with Crippen molar-refractivity contribution >= 4 is 11.5 Å². The summed E-state index contributed by atoms with van der Waals surface area (Å²) in [6.45, 7) is 8.57. The van der Waals surface area contributed by atoms with Crippen molar-refractivity contribution in [2.24, 2.45) is 0 Å². The first-order valence-corrected chi connectivity index (χ1v) is 7.68. The van der Waals surface area contributed by atoms with Gasteiger partial charge in [-0.1, -0.05) is 0 Å². The van der Waals surface area contributed by atoms with Crippen LogP contribution >= 0.6 is 0 Å². The topological polar surface area (TPSA) is 53.6 Å². The number of hydrogen-bond acceptors (Lipinski definition) is 5. The van der Waals surface area contributed by atoms with Crippen LogP contribution in [0.2, 0.25) is 0 Å². The molecule has 0 aromatic heterocycles. The summed E-state index contributed by atoms with van der Waals surface area (Å²) in [4.78, 5) is 14.9. The lowest BCUT2D eigenvalue weighted by atomic mass is 10.0. The molecular weight excluding hydrogens is 266 g/mol. The van der Waals surface area contributed by atoms with Gasteiger partial charge in [0, 0.05) is 31.7 Å². The highest BCUT2D eigenvalue weighted by atomic mass is 16.5. The van der Waals surface area contributed by atoms with Crippen molar-refractivity contribution in [2.45, 2.75) is 26.0 Å². The van der Waals surface area contributed by atoms with Crippen LogP contribution in [0.15, 0.2) is 18.2 Å². The molecule has 0 spiro atoms. The number of fused-ring (bicyclic) bond motifs is 1. The molecule has 2 aliphatic heterocycles. The normalized spacial score (nSPS) is 23.6. The molecular formula is C16H23N3O2. The van der Waals surface area contributed by atoms with Gasteiger partial charge in [-0.15, -0.1) is 0 Å². The van der Waals surface area contributed by atoms with Crippen molar-refractivity contribution in [3.63, 3.8) is 0 Å². The van der Waals surface area contributed by atoms with Crippen LogP contribution in [0.3, 0.4) is 0 Å². The Morgan fingerprint density at radius 3 is 2.90 bits per heavy atom. The highest BCUT2D eigenvalue weighted by molar-refractivity contribution is 6.01. The molecule has 5 heteroatoms. The number of nitrogens with one attached hydrogen (secondary N) is 2. The first kappa shape index (κ1) is 14.4. The Balaban J connectivity index is 1.75. The van der Waals surface area contributed by atoms with Crippen molar-refractivity contribution in [3.8, 4) is 5.75 Å². The Bertz CT molecular complexity index is 526. The maximum atomic E-state index is 12.7. The second-order valence-corrected chi connectivity index (χ2v) is 5.85. The highest BCUT2D eigenvalue weighted by Crippen LogP contribution is 2.30. The van der Waals surface area contributed by atoms with E-state index in [1.165, 1.54) is 0 Å². The number of ether oxygens (including phenoxy) is 1. The lowest BCUT2D eigenvalue weighted by Crippen LogP contribution is -2.50. The van der Waals surface area contributed by atoms with Gasteiger partial charge in [0.05, 0.1) is 18.3 Å².